The molecule has 1 saturated heterocycles. The van der Waals surface area contributed by atoms with Crippen molar-refractivity contribution in [2.75, 3.05) is 38.6 Å². The number of quaternary nitrogens is 1. The lowest BCUT2D eigenvalue weighted by Gasteiger charge is -2.17. The van der Waals surface area contributed by atoms with Gasteiger partial charge in [0.25, 0.3) is 0 Å². The largest absolute Gasteiger partial charge is 0.356 e. The van der Waals surface area contributed by atoms with E-state index in [0.717, 1.165) is 25.1 Å². The number of aryl methyl sites for hydroxylation is 1. The summed E-state index contributed by atoms with van der Waals surface area (Å²) in [6.45, 7) is 4.29. The molecule has 0 spiro atoms. The van der Waals surface area contributed by atoms with Crippen molar-refractivity contribution in [1.82, 2.24) is 5.32 Å². The van der Waals surface area contributed by atoms with Crippen LogP contribution in [-0.4, -0.2) is 45.5 Å². The molecule has 5 heteroatoms. The van der Waals surface area contributed by atoms with Crippen LogP contribution in [-0.2, 0) is 16.0 Å². The Morgan fingerprint density at radius 2 is 2.00 bits per heavy atom. The van der Waals surface area contributed by atoms with Crippen molar-refractivity contribution in [3.8, 4) is 0 Å². The second-order valence-corrected chi connectivity index (χ2v) is 6.53. The Morgan fingerprint density at radius 3 is 2.61 bits per heavy atom. The van der Waals surface area contributed by atoms with Gasteiger partial charge in [-0.1, -0.05) is 19.1 Å². The molecule has 0 saturated carbocycles. The molecule has 1 heterocycles. The molecule has 0 aromatic heterocycles. The minimum absolute atomic E-state index is 0.000200. The van der Waals surface area contributed by atoms with Gasteiger partial charge in [0, 0.05) is 31.6 Å². The normalized spacial score (nSPS) is 17.8. The van der Waals surface area contributed by atoms with E-state index in [4.69, 9.17) is 0 Å². The van der Waals surface area contributed by atoms with E-state index in [2.05, 4.69) is 26.3 Å². The molecule has 1 fully saturated rings. The molecular weight excluding hydrogens is 290 g/mol. The minimum atomic E-state index is -0.236. The van der Waals surface area contributed by atoms with Crippen LogP contribution in [0.4, 0.5) is 5.69 Å². The fourth-order valence-electron chi connectivity index (χ4n) is 2.84. The van der Waals surface area contributed by atoms with Crippen LogP contribution in [0.15, 0.2) is 24.3 Å². The van der Waals surface area contributed by atoms with Gasteiger partial charge in [0.15, 0.2) is 0 Å². The van der Waals surface area contributed by atoms with Crippen molar-refractivity contribution in [3.63, 3.8) is 0 Å². The van der Waals surface area contributed by atoms with Gasteiger partial charge in [0.2, 0.25) is 11.8 Å². The van der Waals surface area contributed by atoms with Crippen molar-refractivity contribution >= 4 is 17.5 Å². The van der Waals surface area contributed by atoms with Gasteiger partial charge in [-0.05, 0) is 24.1 Å². The number of rotatable bonds is 7. The summed E-state index contributed by atoms with van der Waals surface area (Å²) in [6, 6.07) is 8.02. The predicted molar refractivity (Wildman–Crippen MR) is 91.6 cm³/mol. The molecule has 2 N–H and O–H groups in total. The van der Waals surface area contributed by atoms with Crippen LogP contribution in [0.25, 0.3) is 0 Å². The maximum absolute atomic E-state index is 12.2. The fourth-order valence-corrected chi connectivity index (χ4v) is 2.84. The Labute approximate surface area is 138 Å². The van der Waals surface area contributed by atoms with Crippen LogP contribution < -0.4 is 15.1 Å². The fraction of sp³-hybridized carbons (Fsp3) is 0.556. The van der Waals surface area contributed by atoms with E-state index in [0.29, 0.717) is 19.5 Å². The molecule has 1 aliphatic heterocycles. The molecule has 126 valence electrons. The quantitative estimate of drug-likeness (QED) is 0.708. The van der Waals surface area contributed by atoms with Crippen molar-refractivity contribution < 1.29 is 14.5 Å². The first-order valence-electron chi connectivity index (χ1n) is 8.47. The van der Waals surface area contributed by atoms with E-state index >= 15 is 0 Å². The maximum Gasteiger partial charge on any atom is 0.227 e. The average Bonchev–Trinajstić information content (AvgIpc) is 2.93. The van der Waals surface area contributed by atoms with Crippen molar-refractivity contribution in [2.24, 2.45) is 5.92 Å². The van der Waals surface area contributed by atoms with Crippen LogP contribution in [0.2, 0.25) is 0 Å². The number of hydrogen-bond acceptors (Lipinski definition) is 2. The lowest BCUT2D eigenvalue weighted by atomic mass is 10.1. The third kappa shape index (κ3) is 4.79. The van der Waals surface area contributed by atoms with Gasteiger partial charge in [-0.2, -0.15) is 0 Å². The lowest BCUT2D eigenvalue weighted by molar-refractivity contribution is -0.858. The highest BCUT2D eigenvalue weighted by atomic mass is 16.2. The Kier molecular flexibility index (Phi) is 6.16. The van der Waals surface area contributed by atoms with E-state index in [9.17, 15) is 9.59 Å². The number of carbonyl (C=O) groups excluding carboxylic acids is 2. The third-order valence-corrected chi connectivity index (χ3v) is 4.30. The molecule has 2 rings (SSSR count). The highest BCUT2D eigenvalue weighted by molar-refractivity contribution is 6.00. The molecule has 1 aromatic carbocycles. The van der Waals surface area contributed by atoms with E-state index in [1.165, 1.54) is 10.5 Å². The number of benzene rings is 1. The van der Waals surface area contributed by atoms with Crippen LogP contribution in [0.5, 0.6) is 0 Å². The van der Waals surface area contributed by atoms with Crippen LogP contribution in [0, 0.1) is 5.92 Å². The summed E-state index contributed by atoms with van der Waals surface area (Å²) in [7, 11) is 4.19. The Bertz CT molecular complexity index is 540. The summed E-state index contributed by atoms with van der Waals surface area (Å²) in [4.78, 5) is 27.5. The van der Waals surface area contributed by atoms with Crippen molar-refractivity contribution in [1.29, 1.82) is 0 Å². The van der Waals surface area contributed by atoms with Crippen LogP contribution >= 0.6 is 0 Å². The van der Waals surface area contributed by atoms with E-state index in [1.54, 1.807) is 4.90 Å². The summed E-state index contributed by atoms with van der Waals surface area (Å²) in [6.07, 6.45) is 2.24. The molecule has 5 nitrogen and oxygen atoms in total. The summed E-state index contributed by atoms with van der Waals surface area (Å²) >= 11 is 0. The molecular formula is C18H28N3O2+. The molecule has 1 atom stereocenters. The van der Waals surface area contributed by atoms with Gasteiger partial charge < -0.3 is 15.1 Å². The number of hydrogen-bond donors (Lipinski definition) is 2. The average molecular weight is 318 g/mol. The van der Waals surface area contributed by atoms with Gasteiger partial charge in [-0.3, -0.25) is 9.59 Å². The second kappa shape index (κ2) is 8.11. The molecule has 0 radical (unpaired) electrons. The van der Waals surface area contributed by atoms with Crippen LogP contribution in [0.1, 0.15) is 25.3 Å². The number of nitrogens with zero attached hydrogens (tertiary/aromatic N) is 1. The van der Waals surface area contributed by atoms with E-state index < -0.39 is 0 Å². The zero-order valence-electron chi connectivity index (χ0n) is 14.4. The number of anilines is 1. The maximum atomic E-state index is 12.2. The predicted octanol–water partition coefficient (Wildman–Crippen LogP) is 0.253. The summed E-state index contributed by atoms with van der Waals surface area (Å²) in [5.74, 6) is -0.202. The third-order valence-electron chi connectivity index (χ3n) is 4.30. The highest BCUT2D eigenvalue weighted by Crippen LogP contribution is 2.25. The van der Waals surface area contributed by atoms with Gasteiger partial charge >= 0.3 is 0 Å². The van der Waals surface area contributed by atoms with Gasteiger partial charge in [-0.25, -0.2) is 0 Å². The SMILES string of the molecule is CCc1ccc(N2C[C@@H](C(=O)NCCC[NH+](C)C)CC2=O)cc1. The first-order chi connectivity index (χ1) is 11.0. The molecule has 23 heavy (non-hydrogen) atoms. The van der Waals surface area contributed by atoms with Crippen molar-refractivity contribution in [2.45, 2.75) is 26.2 Å². The zero-order valence-corrected chi connectivity index (χ0v) is 14.4. The lowest BCUT2D eigenvalue weighted by Crippen LogP contribution is -3.05. The summed E-state index contributed by atoms with van der Waals surface area (Å²) in [5, 5.41) is 2.96. The van der Waals surface area contributed by atoms with Gasteiger partial charge in [0.1, 0.15) is 0 Å². The van der Waals surface area contributed by atoms with Crippen LogP contribution in [0.3, 0.4) is 0 Å². The Hall–Kier alpha value is -1.88. The first-order valence-corrected chi connectivity index (χ1v) is 8.47. The first kappa shape index (κ1) is 17.5. The molecule has 0 bridgehead atoms. The summed E-state index contributed by atoms with van der Waals surface area (Å²) in [5.41, 5.74) is 2.14. The minimum Gasteiger partial charge on any atom is -0.356 e. The Morgan fingerprint density at radius 1 is 1.30 bits per heavy atom. The van der Waals surface area contributed by atoms with Gasteiger partial charge in [-0.15, -0.1) is 0 Å². The van der Waals surface area contributed by atoms with E-state index in [1.807, 2.05) is 24.3 Å². The Balaban J connectivity index is 1.87. The number of nitrogens with one attached hydrogen (secondary N) is 2. The summed E-state index contributed by atoms with van der Waals surface area (Å²) < 4.78 is 0. The molecule has 0 aliphatic carbocycles. The molecule has 0 unspecified atom stereocenters. The topological polar surface area (TPSA) is 53.9 Å². The smallest absolute Gasteiger partial charge is 0.227 e. The molecule has 1 aromatic rings. The highest BCUT2D eigenvalue weighted by Gasteiger charge is 2.34. The van der Waals surface area contributed by atoms with Gasteiger partial charge in [0.05, 0.1) is 26.6 Å². The zero-order chi connectivity index (χ0) is 16.8. The van der Waals surface area contributed by atoms with Crippen molar-refractivity contribution in [3.05, 3.63) is 29.8 Å². The standard InChI is InChI=1S/C18H27N3O2/c1-4-14-6-8-16(9-7-14)21-13-15(12-17(21)22)18(23)19-10-5-11-20(2)3/h6-9,15H,4-5,10-13H2,1-3H3,(H,19,23)/p+1/t15-/m0/s1. The molecule has 2 amide bonds. The number of amides is 2. The number of carbonyl (C=O) groups is 2. The van der Waals surface area contributed by atoms with E-state index in [-0.39, 0.29) is 17.7 Å². The second-order valence-electron chi connectivity index (χ2n) is 6.53. The molecule has 1 aliphatic rings. The monoisotopic (exact) mass is 318 g/mol.